The Morgan fingerprint density at radius 1 is 1.59 bits per heavy atom. The number of nitrogens with two attached hydrogens (primary N) is 1. The van der Waals surface area contributed by atoms with Gasteiger partial charge in [0.2, 0.25) is 5.91 Å². The Morgan fingerprint density at radius 2 is 2.29 bits per heavy atom. The molecule has 1 amide bonds. The summed E-state index contributed by atoms with van der Waals surface area (Å²) >= 11 is 5.03. The van der Waals surface area contributed by atoms with Crippen LogP contribution in [0.1, 0.15) is 25.7 Å². The van der Waals surface area contributed by atoms with E-state index in [1.54, 1.807) is 7.11 Å². The van der Waals surface area contributed by atoms with Crippen LogP contribution in [0.15, 0.2) is 0 Å². The highest BCUT2D eigenvalue weighted by Gasteiger charge is 2.54. The van der Waals surface area contributed by atoms with Gasteiger partial charge < -0.3 is 15.4 Å². The number of ether oxygens (including phenoxy) is 1. The van der Waals surface area contributed by atoms with E-state index in [2.05, 4.69) is 0 Å². The van der Waals surface area contributed by atoms with Crippen molar-refractivity contribution in [1.29, 1.82) is 0 Å². The van der Waals surface area contributed by atoms with Crippen molar-refractivity contribution in [2.45, 2.75) is 25.7 Å². The highest BCUT2D eigenvalue weighted by molar-refractivity contribution is 7.80. The topological polar surface area (TPSA) is 55.6 Å². The number of carbonyl (C=O) groups excluding carboxylic acids is 1. The molecule has 96 valence electrons. The summed E-state index contributed by atoms with van der Waals surface area (Å²) in [6.07, 6.45) is 3.84. The Kier molecular flexibility index (Phi) is 3.68. The van der Waals surface area contributed by atoms with Gasteiger partial charge >= 0.3 is 0 Å². The second-order valence-electron chi connectivity index (χ2n) is 5.16. The van der Waals surface area contributed by atoms with Gasteiger partial charge in [-0.3, -0.25) is 4.79 Å². The van der Waals surface area contributed by atoms with E-state index in [1.165, 1.54) is 0 Å². The maximum atomic E-state index is 12.4. The average Bonchev–Trinajstić information content (AvgIpc) is 3.10. The van der Waals surface area contributed by atoms with E-state index in [0.29, 0.717) is 10.9 Å². The molecule has 2 fully saturated rings. The Labute approximate surface area is 107 Å². The van der Waals surface area contributed by atoms with Crippen LogP contribution in [0.25, 0.3) is 0 Å². The smallest absolute Gasteiger partial charge is 0.235 e. The second-order valence-corrected chi connectivity index (χ2v) is 5.60. The van der Waals surface area contributed by atoms with Crippen molar-refractivity contribution < 1.29 is 9.53 Å². The molecule has 1 saturated carbocycles. The molecule has 2 N–H and O–H groups in total. The number of rotatable bonds is 4. The van der Waals surface area contributed by atoms with Crippen LogP contribution in [0, 0.1) is 11.3 Å². The highest BCUT2D eigenvalue weighted by atomic mass is 32.1. The van der Waals surface area contributed by atoms with E-state index in [4.69, 9.17) is 22.7 Å². The number of hydrogen-bond acceptors (Lipinski definition) is 3. The zero-order valence-electron chi connectivity index (χ0n) is 10.3. The molecule has 1 saturated heterocycles. The number of piperidine rings is 1. The summed E-state index contributed by atoms with van der Waals surface area (Å²) in [5, 5.41) is 0. The maximum absolute atomic E-state index is 12.4. The molecule has 0 radical (unpaired) electrons. The fourth-order valence-corrected chi connectivity index (χ4v) is 2.91. The predicted octanol–water partition coefficient (Wildman–Crippen LogP) is 0.938. The third kappa shape index (κ3) is 2.45. The molecule has 1 unspecified atom stereocenters. The van der Waals surface area contributed by atoms with Gasteiger partial charge in [0, 0.05) is 20.2 Å². The molecule has 0 aromatic heterocycles. The lowest BCUT2D eigenvalue weighted by atomic mass is 9.96. The summed E-state index contributed by atoms with van der Waals surface area (Å²) in [5.41, 5.74) is 5.20. The Morgan fingerprint density at radius 3 is 2.82 bits per heavy atom. The van der Waals surface area contributed by atoms with E-state index >= 15 is 0 Å². The Hall–Kier alpha value is -0.680. The minimum atomic E-state index is -0.496. The molecule has 1 heterocycles. The van der Waals surface area contributed by atoms with Gasteiger partial charge in [-0.2, -0.15) is 0 Å². The molecular formula is C12H20N2O2S. The predicted molar refractivity (Wildman–Crippen MR) is 69.6 cm³/mol. The third-order valence-electron chi connectivity index (χ3n) is 3.84. The van der Waals surface area contributed by atoms with Crippen molar-refractivity contribution in [2.24, 2.45) is 17.1 Å². The Balaban J connectivity index is 1.98. The molecule has 4 nitrogen and oxygen atoms in total. The van der Waals surface area contributed by atoms with Gasteiger partial charge in [-0.1, -0.05) is 12.2 Å². The molecular weight excluding hydrogens is 236 g/mol. The Bertz CT molecular complexity index is 326. The van der Waals surface area contributed by atoms with Crippen LogP contribution in [-0.4, -0.2) is 42.6 Å². The summed E-state index contributed by atoms with van der Waals surface area (Å²) in [6, 6.07) is 0. The number of hydrogen-bond donors (Lipinski definition) is 1. The summed E-state index contributed by atoms with van der Waals surface area (Å²) in [4.78, 5) is 14.7. The van der Waals surface area contributed by atoms with Crippen LogP contribution in [0.5, 0.6) is 0 Å². The monoisotopic (exact) mass is 256 g/mol. The van der Waals surface area contributed by atoms with Crippen molar-refractivity contribution in [2.75, 3.05) is 26.8 Å². The summed E-state index contributed by atoms with van der Waals surface area (Å²) in [5.74, 6) is 0.602. The first-order valence-corrected chi connectivity index (χ1v) is 6.59. The highest BCUT2D eigenvalue weighted by Crippen LogP contribution is 2.48. The summed E-state index contributed by atoms with van der Waals surface area (Å²) < 4.78 is 5.17. The largest absolute Gasteiger partial charge is 0.392 e. The molecule has 2 aliphatic rings. The number of likely N-dealkylation sites (tertiary alicyclic amines) is 1. The molecule has 1 aliphatic heterocycles. The van der Waals surface area contributed by atoms with Gasteiger partial charge in [0.1, 0.15) is 0 Å². The number of thiocarbonyl (C=S) groups is 1. The van der Waals surface area contributed by atoms with Gasteiger partial charge in [-0.05, 0) is 31.6 Å². The molecule has 0 aromatic carbocycles. The van der Waals surface area contributed by atoms with Crippen LogP contribution in [0.4, 0.5) is 0 Å². The summed E-state index contributed by atoms with van der Waals surface area (Å²) in [6.45, 7) is 2.35. The lowest BCUT2D eigenvalue weighted by molar-refractivity contribution is -0.136. The second kappa shape index (κ2) is 4.90. The minimum Gasteiger partial charge on any atom is -0.392 e. The fraction of sp³-hybridized carbons (Fsp3) is 0.833. The lowest BCUT2D eigenvalue weighted by Crippen LogP contribution is -2.47. The first-order valence-electron chi connectivity index (χ1n) is 6.18. The van der Waals surface area contributed by atoms with Gasteiger partial charge in [0.05, 0.1) is 17.0 Å². The number of amides is 1. The van der Waals surface area contributed by atoms with E-state index < -0.39 is 5.41 Å². The van der Waals surface area contributed by atoms with Gasteiger partial charge in [0.25, 0.3) is 0 Å². The molecule has 0 aromatic rings. The van der Waals surface area contributed by atoms with E-state index in [0.717, 1.165) is 45.4 Å². The SMILES string of the molecule is COCC1CCCN(C(=O)C2(C(N)=S)CC2)C1. The molecule has 2 rings (SSSR count). The van der Waals surface area contributed by atoms with Crippen LogP contribution in [0.3, 0.4) is 0 Å². The van der Waals surface area contributed by atoms with Crippen LogP contribution < -0.4 is 5.73 Å². The third-order valence-corrected chi connectivity index (χ3v) is 4.23. The van der Waals surface area contributed by atoms with Crippen molar-refractivity contribution >= 4 is 23.1 Å². The first-order chi connectivity index (χ1) is 8.10. The van der Waals surface area contributed by atoms with Crippen LogP contribution >= 0.6 is 12.2 Å². The molecule has 1 atom stereocenters. The van der Waals surface area contributed by atoms with E-state index in [-0.39, 0.29) is 5.91 Å². The average molecular weight is 256 g/mol. The van der Waals surface area contributed by atoms with Crippen molar-refractivity contribution in [3.8, 4) is 0 Å². The fourth-order valence-electron chi connectivity index (χ4n) is 2.61. The normalized spacial score (nSPS) is 26.6. The molecule has 0 bridgehead atoms. The van der Waals surface area contributed by atoms with Crippen molar-refractivity contribution in [3.05, 3.63) is 0 Å². The zero-order valence-corrected chi connectivity index (χ0v) is 11.1. The van der Waals surface area contributed by atoms with Crippen molar-refractivity contribution in [3.63, 3.8) is 0 Å². The van der Waals surface area contributed by atoms with Crippen molar-refractivity contribution in [1.82, 2.24) is 4.90 Å². The molecule has 5 heteroatoms. The number of carbonyl (C=O) groups is 1. The number of nitrogens with zero attached hydrogens (tertiary/aromatic N) is 1. The van der Waals surface area contributed by atoms with Crippen LogP contribution in [0.2, 0.25) is 0 Å². The first kappa shape index (κ1) is 12.8. The molecule has 17 heavy (non-hydrogen) atoms. The maximum Gasteiger partial charge on any atom is 0.235 e. The standard InChI is InChI=1S/C12H20N2O2S/c1-16-8-9-3-2-6-14(7-9)11(15)12(4-5-12)10(13)17/h9H,2-8H2,1H3,(H2,13,17). The lowest BCUT2D eigenvalue weighted by Gasteiger charge is -2.34. The van der Waals surface area contributed by atoms with E-state index in [9.17, 15) is 4.79 Å². The van der Waals surface area contributed by atoms with Gasteiger partial charge in [-0.25, -0.2) is 0 Å². The van der Waals surface area contributed by atoms with Crippen LogP contribution in [-0.2, 0) is 9.53 Å². The quantitative estimate of drug-likeness (QED) is 0.761. The van der Waals surface area contributed by atoms with Gasteiger partial charge in [0.15, 0.2) is 0 Å². The molecule has 0 spiro atoms. The minimum absolute atomic E-state index is 0.144. The molecule has 1 aliphatic carbocycles. The zero-order chi connectivity index (χ0) is 12.5. The van der Waals surface area contributed by atoms with E-state index in [1.807, 2.05) is 4.90 Å². The van der Waals surface area contributed by atoms with Gasteiger partial charge in [-0.15, -0.1) is 0 Å². The summed E-state index contributed by atoms with van der Waals surface area (Å²) in [7, 11) is 1.71. The number of methoxy groups -OCH3 is 1.